The molecule has 0 fully saturated rings. The van der Waals surface area contributed by atoms with E-state index >= 15 is 0 Å². The Balaban J connectivity index is 2.37. The van der Waals surface area contributed by atoms with Crippen LogP contribution in [0, 0.1) is 5.92 Å². The predicted octanol–water partition coefficient (Wildman–Crippen LogP) is 4.71. The molecule has 186 valence electrons. The zero-order valence-electron chi connectivity index (χ0n) is 19.4. The van der Waals surface area contributed by atoms with E-state index in [2.05, 4.69) is 21.2 Å². The van der Waals surface area contributed by atoms with E-state index in [0.29, 0.717) is 6.54 Å². The molecule has 0 heterocycles. The normalized spacial score (nSPS) is 12.4. The molecule has 0 spiro atoms. The molecule has 11 heteroatoms. The molecule has 1 atom stereocenters. The molecule has 0 saturated carbocycles. The first-order chi connectivity index (χ1) is 15.8. The number of rotatable bonds is 10. The second-order valence-corrected chi connectivity index (χ2v) is 12.0. The SMILES string of the molecule is CC(C)CNC(=O)C(C)N(Cc1ccc(Br)cc1)C(=O)CN(c1ccc(Cl)c(Cl)c1)S(C)(=O)=O. The van der Waals surface area contributed by atoms with Gasteiger partial charge in [-0.15, -0.1) is 0 Å². The van der Waals surface area contributed by atoms with Crippen molar-refractivity contribution in [2.24, 2.45) is 5.92 Å². The Bertz CT molecular complexity index is 1130. The van der Waals surface area contributed by atoms with Crippen molar-refractivity contribution in [1.82, 2.24) is 10.2 Å². The highest BCUT2D eigenvalue weighted by molar-refractivity contribution is 9.10. The molecule has 2 amide bonds. The fourth-order valence-corrected chi connectivity index (χ4v) is 4.47. The highest BCUT2D eigenvalue weighted by Crippen LogP contribution is 2.28. The van der Waals surface area contributed by atoms with E-state index < -0.39 is 28.5 Å². The molecule has 0 aliphatic carbocycles. The smallest absolute Gasteiger partial charge is 0.244 e. The number of sulfonamides is 1. The first-order valence-electron chi connectivity index (χ1n) is 10.5. The topological polar surface area (TPSA) is 86.8 Å². The molecule has 1 unspecified atom stereocenters. The van der Waals surface area contributed by atoms with E-state index in [1.54, 1.807) is 6.92 Å². The zero-order valence-corrected chi connectivity index (χ0v) is 23.3. The molecule has 0 aromatic heterocycles. The molecule has 2 aromatic rings. The number of amides is 2. The van der Waals surface area contributed by atoms with E-state index in [-0.39, 0.29) is 34.1 Å². The molecular formula is C23H28BrCl2N3O4S. The number of benzene rings is 2. The summed E-state index contributed by atoms with van der Waals surface area (Å²) >= 11 is 15.4. The van der Waals surface area contributed by atoms with Crippen LogP contribution in [0.15, 0.2) is 46.9 Å². The van der Waals surface area contributed by atoms with Gasteiger partial charge in [0.25, 0.3) is 0 Å². The second-order valence-electron chi connectivity index (χ2n) is 8.33. The summed E-state index contributed by atoms with van der Waals surface area (Å²) < 4.78 is 26.9. The van der Waals surface area contributed by atoms with Crippen LogP contribution >= 0.6 is 39.1 Å². The summed E-state index contributed by atoms with van der Waals surface area (Å²) in [6, 6.07) is 10.8. The minimum atomic E-state index is -3.84. The van der Waals surface area contributed by atoms with Gasteiger partial charge in [-0.05, 0) is 48.7 Å². The van der Waals surface area contributed by atoms with E-state index in [1.807, 2.05) is 38.1 Å². The van der Waals surface area contributed by atoms with Gasteiger partial charge in [-0.25, -0.2) is 8.42 Å². The van der Waals surface area contributed by atoms with Gasteiger partial charge in [0, 0.05) is 17.6 Å². The monoisotopic (exact) mass is 591 g/mol. The third kappa shape index (κ3) is 8.15. The summed E-state index contributed by atoms with van der Waals surface area (Å²) in [4.78, 5) is 27.6. The lowest BCUT2D eigenvalue weighted by molar-refractivity contribution is -0.139. The quantitative estimate of drug-likeness (QED) is 0.433. The van der Waals surface area contributed by atoms with Crippen LogP contribution in [0.3, 0.4) is 0 Å². The number of anilines is 1. The van der Waals surface area contributed by atoms with E-state index in [0.717, 1.165) is 20.6 Å². The number of hydrogen-bond acceptors (Lipinski definition) is 4. The first kappa shape index (κ1) is 28.4. The maximum absolute atomic E-state index is 13.5. The Morgan fingerprint density at radius 3 is 2.18 bits per heavy atom. The highest BCUT2D eigenvalue weighted by atomic mass is 79.9. The minimum Gasteiger partial charge on any atom is -0.354 e. The standard InChI is InChI=1S/C23H28BrCl2N3O4S/c1-15(2)12-27-23(31)16(3)28(13-17-5-7-18(24)8-6-17)22(30)14-29(34(4,32)33)19-9-10-20(25)21(26)11-19/h5-11,15-16H,12-14H2,1-4H3,(H,27,31). The lowest BCUT2D eigenvalue weighted by atomic mass is 10.1. The molecule has 7 nitrogen and oxygen atoms in total. The second kappa shape index (κ2) is 12.2. The number of carbonyl (C=O) groups is 2. The van der Waals surface area contributed by atoms with Crippen molar-refractivity contribution in [2.45, 2.75) is 33.4 Å². The molecule has 2 rings (SSSR count). The maximum atomic E-state index is 13.5. The van der Waals surface area contributed by atoms with Gasteiger partial charge in [0.2, 0.25) is 21.8 Å². The van der Waals surface area contributed by atoms with Crippen molar-refractivity contribution < 1.29 is 18.0 Å². The third-order valence-corrected chi connectivity index (χ3v) is 7.40. The van der Waals surface area contributed by atoms with Crippen LogP contribution in [0.25, 0.3) is 0 Å². The van der Waals surface area contributed by atoms with Crippen LogP contribution in [0.1, 0.15) is 26.3 Å². The van der Waals surface area contributed by atoms with Gasteiger partial charge in [0.15, 0.2) is 0 Å². The summed E-state index contributed by atoms with van der Waals surface area (Å²) in [7, 11) is -3.84. The molecule has 1 N–H and O–H groups in total. The number of nitrogens with one attached hydrogen (secondary N) is 1. The first-order valence-corrected chi connectivity index (χ1v) is 13.9. The van der Waals surface area contributed by atoms with Gasteiger partial charge in [-0.1, -0.05) is 65.1 Å². The number of carbonyl (C=O) groups excluding carboxylic acids is 2. The fraction of sp³-hybridized carbons (Fsp3) is 0.391. The van der Waals surface area contributed by atoms with Gasteiger partial charge in [-0.3, -0.25) is 13.9 Å². The maximum Gasteiger partial charge on any atom is 0.244 e. The molecule has 0 saturated heterocycles. The van der Waals surface area contributed by atoms with Crippen LogP contribution in [0.4, 0.5) is 5.69 Å². The average Bonchev–Trinajstić information content (AvgIpc) is 2.76. The lowest BCUT2D eigenvalue weighted by Gasteiger charge is -2.31. The van der Waals surface area contributed by atoms with Crippen LogP contribution in [0.2, 0.25) is 10.0 Å². The molecule has 0 radical (unpaired) electrons. The summed E-state index contributed by atoms with van der Waals surface area (Å²) in [6.45, 7) is 5.64. The van der Waals surface area contributed by atoms with Gasteiger partial charge in [-0.2, -0.15) is 0 Å². The fourth-order valence-electron chi connectivity index (χ4n) is 3.08. The van der Waals surface area contributed by atoms with Gasteiger partial charge in [0.1, 0.15) is 12.6 Å². The molecule has 0 aliphatic rings. The van der Waals surface area contributed by atoms with Crippen molar-refractivity contribution in [3.63, 3.8) is 0 Å². The van der Waals surface area contributed by atoms with Crippen molar-refractivity contribution in [1.29, 1.82) is 0 Å². The van der Waals surface area contributed by atoms with Crippen molar-refractivity contribution in [2.75, 3.05) is 23.7 Å². The Labute approximate surface area is 219 Å². The summed E-state index contributed by atoms with van der Waals surface area (Å²) in [5, 5.41) is 3.26. The Hall–Kier alpha value is -1.81. The molecule has 2 aromatic carbocycles. The highest BCUT2D eigenvalue weighted by Gasteiger charge is 2.30. The molecule has 0 aliphatic heterocycles. The minimum absolute atomic E-state index is 0.126. The predicted molar refractivity (Wildman–Crippen MR) is 141 cm³/mol. The van der Waals surface area contributed by atoms with E-state index in [1.165, 1.54) is 23.1 Å². The van der Waals surface area contributed by atoms with Crippen LogP contribution in [0.5, 0.6) is 0 Å². The van der Waals surface area contributed by atoms with Crippen LogP contribution < -0.4 is 9.62 Å². The largest absolute Gasteiger partial charge is 0.354 e. The van der Waals surface area contributed by atoms with Crippen molar-refractivity contribution in [3.8, 4) is 0 Å². The van der Waals surface area contributed by atoms with Gasteiger partial charge in [0.05, 0.1) is 22.0 Å². The van der Waals surface area contributed by atoms with Gasteiger partial charge >= 0.3 is 0 Å². The summed E-state index contributed by atoms with van der Waals surface area (Å²) in [6.07, 6.45) is 1.00. The van der Waals surface area contributed by atoms with Crippen molar-refractivity contribution in [3.05, 3.63) is 62.5 Å². The summed E-state index contributed by atoms with van der Waals surface area (Å²) in [5.74, 6) is -0.617. The lowest BCUT2D eigenvalue weighted by Crippen LogP contribution is -2.51. The zero-order chi connectivity index (χ0) is 25.6. The van der Waals surface area contributed by atoms with Crippen molar-refractivity contribution >= 4 is 66.7 Å². The van der Waals surface area contributed by atoms with Gasteiger partial charge < -0.3 is 10.2 Å². The Morgan fingerprint density at radius 1 is 1.03 bits per heavy atom. The van der Waals surface area contributed by atoms with E-state index in [9.17, 15) is 18.0 Å². The van der Waals surface area contributed by atoms with Crippen LogP contribution in [-0.2, 0) is 26.2 Å². The third-order valence-electron chi connectivity index (χ3n) is 4.99. The Kier molecular flexibility index (Phi) is 10.2. The number of hydrogen-bond donors (Lipinski definition) is 1. The Morgan fingerprint density at radius 2 is 1.65 bits per heavy atom. The summed E-state index contributed by atoms with van der Waals surface area (Å²) in [5.41, 5.74) is 0.992. The number of halogens is 3. The molecular weight excluding hydrogens is 565 g/mol. The van der Waals surface area contributed by atoms with E-state index in [4.69, 9.17) is 23.2 Å². The van der Waals surface area contributed by atoms with Crippen LogP contribution in [-0.4, -0.2) is 50.5 Å². The number of nitrogens with zero attached hydrogens (tertiary/aromatic N) is 2. The molecule has 34 heavy (non-hydrogen) atoms. The average molecular weight is 593 g/mol. The molecule has 0 bridgehead atoms.